The molecule has 1 amide bonds. The highest BCUT2D eigenvalue weighted by Crippen LogP contribution is 2.39. The van der Waals surface area contributed by atoms with Crippen molar-refractivity contribution in [3.63, 3.8) is 0 Å². The second-order valence-electron chi connectivity index (χ2n) is 6.22. The molecule has 0 aromatic rings. The standard InChI is InChI=1S/C14H25N3O2/c1-10-5-4-6-11(9-10)16-13(18)14(12(15)17-19)7-2-3-8-14/h10-11,19H,2-9H2,1H3,(H2,15,17)(H,16,18). The number of amidine groups is 1. The first-order valence-corrected chi connectivity index (χ1v) is 7.37. The van der Waals surface area contributed by atoms with E-state index in [2.05, 4.69) is 17.4 Å². The van der Waals surface area contributed by atoms with Gasteiger partial charge in [-0.1, -0.05) is 37.8 Å². The van der Waals surface area contributed by atoms with Crippen LogP contribution in [0.25, 0.3) is 0 Å². The molecule has 5 nitrogen and oxygen atoms in total. The van der Waals surface area contributed by atoms with Gasteiger partial charge in [0.05, 0.1) is 0 Å². The van der Waals surface area contributed by atoms with Gasteiger partial charge in [-0.05, 0) is 31.6 Å². The van der Waals surface area contributed by atoms with E-state index in [1.165, 1.54) is 12.8 Å². The molecule has 0 spiro atoms. The third-order valence-corrected chi connectivity index (χ3v) is 4.76. The lowest BCUT2D eigenvalue weighted by Crippen LogP contribution is -2.51. The number of nitrogens with zero attached hydrogens (tertiary/aromatic N) is 1. The summed E-state index contributed by atoms with van der Waals surface area (Å²) in [6, 6.07) is 0.250. The van der Waals surface area contributed by atoms with E-state index in [9.17, 15) is 4.79 Å². The zero-order chi connectivity index (χ0) is 13.9. The lowest BCUT2D eigenvalue weighted by molar-refractivity contribution is -0.128. The van der Waals surface area contributed by atoms with Gasteiger partial charge in [-0.3, -0.25) is 4.79 Å². The molecule has 0 radical (unpaired) electrons. The molecule has 2 aliphatic carbocycles. The van der Waals surface area contributed by atoms with Crippen LogP contribution in [-0.2, 0) is 4.79 Å². The summed E-state index contributed by atoms with van der Waals surface area (Å²) in [5.41, 5.74) is 5.02. The van der Waals surface area contributed by atoms with E-state index >= 15 is 0 Å². The minimum Gasteiger partial charge on any atom is -0.409 e. The van der Waals surface area contributed by atoms with Crippen LogP contribution in [0.4, 0.5) is 0 Å². The van der Waals surface area contributed by atoms with Gasteiger partial charge >= 0.3 is 0 Å². The Morgan fingerprint density at radius 3 is 2.58 bits per heavy atom. The maximum Gasteiger partial charge on any atom is 0.234 e. The molecular weight excluding hydrogens is 242 g/mol. The lowest BCUT2D eigenvalue weighted by atomic mass is 9.82. The Morgan fingerprint density at radius 2 is 2.00 bits per heavy atom. The maximum absolute atomic E-state index is 12.6. The summed E-state index contributed by atoms with van der Waals surface area (Å²) in [5.74, 6) is 0.702. The molecule has 0 aliphatic heterocycles. The minimum atomic E-state index is -0.768. The summed E-state index contributed by atoms with van der Waals surface area (Å²) in [6.45, 7) is 2.23. The van der Waals surface area contributed by atoms with Crippen molar-refractivity contribution in [3.05, 3.63) is 0 Å². The van der Waals surface area contributed by atoms with Gasteiger partial charge in [0.25, 0.3) is 0 Å². The van der Waals surface area contributed by atoms with Crippen LogP contribution in [0.15, 0.2) is 5.16 Å². The molecule has 2 atom stereocenters. The Balaban J connectivity index is 2.04. The fourth-order valence-electron chi connectivity index (χ4n) is 3.56. The Bertz CT molecular complexity index is 362. The van der Waals surface area contributed by atoms with E-state index in [0.29, 0.717) is 18.8 Å². The topological polar surface area (TPSA) is 87.7 Å². The van der Waals surface area contributed by atoms with Crippen molar-refractivity contribution >= 4 is 11.7 Å². The monoisotopic (exact) mass is 267 g/mol. The molecule has 108 valence electrons. The van der Waals surface area contributed by atoms with E-state index in [1.54, 1.807) is 0 Å². The van der Waals surface area contributed by atoms with Crippen molar-refractivity contribution < 1.29 is 10.0 Å². The van der Waals surface area contributed by atoms with E-state index in [0.717, 1.165) is 25.7 Å². The Hall–Kier alpha value is -1.26. The van der Waals surface area contributed by atoms with Crippen LogP contribution in [0.5, 0.6) is 0 Å². The van der Waals surface area contributed by atoms with Crippen LogP contribution in [0, 0.1) is 11.3 Å². The summed E-state index contributed by atoms with van der Waals surface area (Å²) >= 11 is 0. The van der Waals surface area contributed by atoms with Gasteiger partial charge < -0.3 is 16.3 Å². The molecular formula is C14H25N3O2. The largest absolute Gasteiger partial charge is 0.409 e. The first kappa shape index (κ1) is 14.2. The molecule has 2 fully saturated rings. The SMILES string of the molecule is CC1CCCC(NC(=O)C2(C(N)=NO)CCCC2)C1. The Morgan fingerprint density at radius 1 is 1.32 bits per heavy atom. The first-order chi connectivity index (χ1) is 9.08. The molecule has 0 saturated heterocycles. The van der Waals surface area contributed by atoms with E-state index in [1.807, 2.05) is 0 Å². The van der Waals surface area contributed by atoms with Gasteiger partial charge in [0.1, 0.15) is 5.41 Å². The average molecular weight is 267 g/mol. The second kappa shape index (κ2) is 5.80. The maximum atomic E-state index is 12.6. The van der Waals surface area contributed by atoms with E-state index in [4.69, 9.17) is 10.9 Å². The molecule has 2 aliphatic rings. The number of hydrogen-bond donors (Lipinski definition) is 3. The molecule has 0 aromatic carbocycles. The third kappa shape index (κ3) is 2.85. The molecule has 4 N–H and O–H groups in total. The van der Waals surface area contributed by atoms with Crippen LogP contribution in [-0.4, -0.2) is 23.0 Å². The quantitative estimate of drug-likeness (QED) is 0.316. The fraction of sp³-hybridized carbons (Fsp3) is 0.857. The number of nitrogens with one attached hydrogen (secondary N) is 1. The predicted octanol–water partition coefficient (Wildman–Crippen LogP) is 1.99. The highest BCUT2D eigenvalue weighted by molar-refractivity contribution is 6.07. The summed E-state index contributed by atoms with van der Waals surface area (Å²) in [4.78, 5) is 12.6. The third-order valence-electron chi connectivity index (χ3n) is 4.76. The van der Waals surface area contributed by atoms with Crippen LogP contribution in [0.1, 0.15) is 58.3 Å². The summed E-state index contributed by atoms with van der Waals surface area (Å²) < 4.78 is 0. The Kier molecular flexibility index (Phi) is 4.32. The van der Waals surface area contributed by atoms with E-state index < -0.39 is 5.41 Å². The first-order valence-electron chi connectivity index (χ1n) is 7.37. The zero-order valence-corrected chi connectivity index (χ0v) is 11.7. The summed E-state index contributed by atoms with van der Waals surface area (Å²) in [7, 11) is 0. The van der Waals surface area contributed by atoms with Crippen molar-refractivity contribution in [3.8, 4) is 0 Å². The highest BCUT2D eigenvalue weighted by atomic mass is 16.4. The van der Waals surface area contributed by atoms with Crippen molar-refractivity contribution in [2.45, 2.75) is 64.3 Å². The molecule has 19 heavy (non-hydrogen) atoms. The number of nitrogens with two attached hydrogens (primary N) is 1. The van der Waals surface area contributed by atoms with Gasteiger partial charge in [-0.15, -0.1) is 0 Å². The van der Waals surface area contributed by atoms with Gasteiger partial charge in [0.15, 0.2) is 5.84 Å². The molecule has 2 saturated carbocycles. The van der Waals surface area contributed by atoms with Crippen molar-refractivity contribution in [2.75, 3.05) is 0 Å². The summed E-state index contributed by atoms with van der Waals surface area (Å²) in [5, 5.41) is 15.2. The second-order valence-corrected chi connectivity index (χ2v) is 6.22. The zero-order valence-electron chi connectivity index (χ0n) is 11.7. The van der Waals surface area contributed by atoms with Crippen molar-refractivity contribution in [2.24, 2.45) is 22.2 Å². The molecule has 0 aromatic heterocycles. The van der Waals surface area contributed by atoms with Crippen LogP contribution < -0.4 is 11.1 Å². The molecule has 2 rings (SSSR count). The fourth-order valence-corrected chi connectivity index (χ4v) is 3.56. The van der Waals surface area contributed by atoms with Gasteiger partial charge in [0, 0.05) is 6.04 Å². The van der Waals surface area contributed by atoms with Crippen LogP contribution >= 0.6 is 0 Å². The normalized spacial score (nSPS) is 31.1. The van der Waals surface area contributed by atoms with Crippen molar-refractivity contribution in [1.82, 2.24) is 5.32 Å². The molecule has 2 unspecified atom stereocenters. The minimum absolute atomic E-state index is 0.0422. The average Bonchev–Trinajstić information content (AvgIpc) is 2.88. The van der Waals surface area contributed by atoms with Gasteiger partial charge in [-0.2, -0.15) is 0 Å². The molecule has 0 bridgehead atoms. The predicted molar refractivity (Wildman–Crippen MR) is 73.9 cm³/mol. The number of rotatable bonds is 3. The number of oxime groups is 1. The number of carbonyl (C=O) groups excluding carboxylic acids is 1. The summed E-state index contributed by atoms with van der Waals surface area (Å²) in [6.07, 6.45) is 7.81. The van der Waals surface area contributed by atoms with Gasteiger partial charge in [-0.25, -0.2) is 0 Å². The number of carbonyl (C=O) groups is 1. The highest BCUT2D eigenvalue weighted by Gasteiger charge is 2.46. The van der Waals surface area contributed by atoms with Crippen molar-refractivity contribution in [1.29, 1.82) is 0 Å². The smallest absolute Gasteiger partial charge is 0.234 e. The van der Waals surface area contributed by atoms with Crippen LogP contribution in [0.3, 0.4) is 0 Å². The van der Waals surface area contributed by atoms with E-state index in [-0.39, 0.29) is 17.8 Å². The molecule has 0 heterocycles. The van der Waals surface area contributed by atoms with Crippen LogP contribution in [0.2, 0.25) is 0 Å². The number of hydrogen-bond acceptors (Lipinski definition) is 3. The molecule has 5 heteroatoms. The number of amides is 1. The van der Waals surface area contributed by atoms with Gasteiger partial charge in [0.2, 0.25) is 5.91 Å². The Labute approximate surface area is 114 Å². The lowest BCUT2D eigenvalue weighted by Gasteiger charge is -2.32.